The summed E-state index contributed by atoms with van der Waals surface area (Å²) in [6.45, 7) is 7.43. The van der Waals surface area contributed by atoms with E-state index in [1.165, 1.54) is 32.7 Å². The summed E-state index contributed by atoms with van der Waals surface area (Å²) >= 11 is 8.17. The van der Waals surface area contributed by atoms with Crippen LogP contribution >= 0.6 is 23.4 Å². The topological polar surface area (TPSA) is 84.4 Å². The third-order valence-corrected chi connectivity index (χ3v) is 8.75. The molecule has 220 valence electrons. The first-order valence-corrected chi connectivity index (χ1v) is 15.8. The average molecular weight is 605 g/mol. The van der Waals surface area contributed by atoms with E-state index in [1.54, 1.807) is 24.2 Å². The number of piperidine rings is 1. The maximum Gasteiger partial charge on any atom is 0.407 e. The second-order valence-corrected chi connectivity index (χ2v) is 13.2. The maximum atomic E-state index is 13.0. The van der Waals surface area contributed by atoms with Crippen LogP contribution in [0.3, 0.4) is 0 Å². The number of nitrogens with zero attached hydrogens (tertiary/aromatic N) is 3. The Morgan fingerprint density at radius 2 is 1.88 bits per heavy atom. The number of alkyl carbamates (subject to hydrolysis) is 1. The lowest BCUT2D eigenvalue weighted by Gasteiger charge is -2.30. The van der Waals surface area contributed by atoms with E-state index in [1.807, 2.05) is 50.1 Å². The highest BCUT2D eigenvalue weighted by Crippen LogP contribution is 2.41. The van der Waals surface area contributed by atoms with Gasteiger partial charge in [-0.1, -0.05) is 29.3 Å². The molecule has 42 heavy (non-hydrogen) atoms. The Hall–Kier alpha value is -3.36. The van der Waals surface area contributed by atoms with Gasteiger partial charge in [0.05, 0.1) is 12.1 Å². The van der Waals surface area contributed by atoms with Gasteiger partial charge in [0.1, 0.15) is 5.60 Å². The van der Waals surface area contributed by atoms with E-state index in [-0.39, 0.29) is 5.91 Å². The molecule has 1 aliphatic heterocycles. The van der Waals surface area contributed by atoms with Gasteiger partial charge in [-0.15, -0.1) is 11.8 Å². The number of amides is 2. The fourth-order valence-corrected chi connectivity index (χ4v) is 6.67. The lowest BCUT2D eigenvalue weighted by Crippen LogP contribution is -2.37. The predicted octanol–water partition coefficient (Wildman–Crippen LogP) is 6.51. The van der Waals surface area contributed by atoms with Crippen molar-refractivity contribution in [3.05, 3.63) is 93.5 Å². The second kappa shape index (κ2) is 13.3. The number of thioether (sulfide) groups is 1. The average Bonchev–Trinajstić information content (AvgIpc) is 3.12. The number of likely N-dealkylation sites (tertiary alicyclic amines) is 1. The quantitative estimate of drug-likeness (QED) is 0.255. The number of fused-ring (bicyclic) bond motifs is 2. The number of carbonyl (C=O) groups excluding carboxylic acids is 2. The number of benzene rings is 1. The molecule has 3 heterocycles. The Bertz CT molecular complexity index is 1480. The van der Waals surface area contributed by atoms with Crippen molar-refractivity contribution in [2.75, 3.05) is 25.4 Å². The summed E-state index contributed by atoms with van der Waals surface area (Å²) < 4.78 is 5.36. The molecule has 9 heteroatoms. The van der Waals surface area contributed by atoms with Crippen LogP contribution in [0.15, 0.2) is 65.5 Å². The van der Waals surface area contributed by atoms with Gasteiger partial charge >= 0.3 is 6.09 Å². The first kappa shape index (κ1) is 30.1. The number of halogens is 1. The Balaban J connectivity index is 1.36. The molecule has 3 aromatic rings. The van der Waals surface area contributed by atoms with E-state index < -0.39 is 11.7 Å². The third kappa shape index (κ3) is 7.53. The van der Waals surface area contributed by atoms with Crippen molar-refractivity contribution >= 4 is 40.9 Å². The van der Waals surface area contributed by atoms with Crippen LogP contribution in [-0.4, -0.2) is 57.9 Å². The number of aromatic nitrogens is 2. The molecule has 2 aromatic heterocycles. The lowest BCUT2D eigenvalue weighted by molar-refractivity contribution is -0.130. The largest absolute Gasteiger partial charge is 0.444 e. The monoisotopic (exact) mass is 604 g/mol. The molecule has 2 aliphatic rings. The van der Waals surface area contributed by atoms with Gasteiger partial charge in [0.25, 0.3) is 0 Å². The standard InChI is InChI=1S/C33H37ClN4O3S/c1-33(2,3)41-32(40)37-15-18-42-28-10-14-36-31-27(28)8-6-24-20-25(34)7-9-26(24)30(31)23-11-16-38(17-12-23)29(39)19-22-5-4-13-35-21-22/h4-5,7,9-10,13-14,20-21H,6,8,11-12,15-19H2,1-3H3,(H,37,40). The van der Waals surface area contributed by atoms with Crippen LogP contribution in [0.5, 0.6) is 0 Å². The molecule has 0 unspecified atom stereocenters. The number of carbonyl (C=O) groups is 2. The van der Waals surface area contributed by atoms with Gasteiger partial charge in [0.15, 0.2) is 0 Å². The van der Waals surface area contributed by atoms with E-state index in [4.69, 9.17) is 21.3 Å². The van der Waals surface area contributed by atoms with Gasteiger partial charge in [0, 0.05) is 59.5 Å². The molecular weight excluding hydrogens is 568 g/mol. The number of aryl methyl sites for hydroxylation is 1. The molecule has 1 aliphatic carbocycles. The van der Waals surface area contributed by atoms with Crippen LogP contribution in [0.4, 0.5) is 4.79 Å². The predicted molar refractivity (Wildman–Crippen MR) is 168 cm³/mol. The number of ether oxygens (including phenoxy) is 1. The van der Waals surface area contributed by atoms with Crippen LogP contribution in [0.2, 0.25) is 5.02 Å². The zero-order valence-electron chi connectivity index (χ0n) is 24.4. The minimum Gasteiger partial charge on any atom is -0.444 e. The van der Waals surface area contributed by atoms with Crippen LogP contribution < -0.4 is 5.32 Å². The van der Waals surface area contributed by atoms with Crippen LogP contribution in [0.1, 0.15) is 61.6 Å². The SMILES string of the molecule is CC(C)(C)OC(=O)NCCSc1ccnc2c1CCc1cc(Cl)ccc1C2=C1CCN(C(=O)Cc2cccnc2)CC1. The Morgan fingerprint density at radius 3 is 2.62 bits per heavy atom. The highest BCUT2D eigenvalue weighted by atomic mass is 35.5. The maximum absolute atomic E-state index is 13.0. The normalized spacial score (nSPS) is 15.0. The van der Waals surface area contributed by atoms with E-state index >= 15 is 0 Å². The molecule has 1 N–H and O–H groups in total. The number of pyridine rings is 2. The molecule has 0 saturated carbocycles. The Labute approximate surface area is 257 Å². The van der Waals surface area contributed by atoms with E-state index in [2.05, 4.69) is 28.5 Å². The molecule has 0 atom stereocenters. The zero-order chi connectivity index (χ0) is 29.7. The van der Waals surface area contributed by atoms with Crippen molar-refractivity contribution in [1.82, 2.24) is 20.2 Å². The summed E-state index contributed by atoms with van der Waals surface area (Å²) in [6.07, 6.45) is 8.65. The molecule has 0 radical (unpaired) electrons. The van der Waals surface area contributed by atoms with Gasteiger partial charge in [0.2, 0.25) is 5.91 Å². The summed E-state index contributed by atoms with van der Waals surface area (Å²) in [4.78, 5) is 37.3. The van der Waals surface area contributed by atoms with Crippen LogP contribution in [0, 0.1) is 0 Å². The van der Waals surface area contributed by atoms with E-state index in [9.17, 15) is 9.59 Å². The first-order chi connectivity index (χ1) is 20.2. The van der Waals surface area contributed by atoms with Crippen molar-refractivity contribution in [3.8, 4) is 0 Å². The lowest BCUT2D eigenvalue weighted by atomic mass is 9.88. The van der Waals surface area contributed by atoms with Gasteiger partial charge in [-0.05, 0) is 93.0 Å². The summed E-state index contributed by atoms with van der Waals surface area (Å²) in [7, 11) is 0. The summed E-state index contributed by atoms with van der Waals surface area (Å²) in [5.74, 6) is 0.853. The van der Waals surface area contributed by atoms with E-state index in [0.717, 1.165) is 42.0 Å². The fourth-order valence-electron chi connectivity index (χ4n) is 5.52. The highest BCUT2D eigenvalue weighted by molar-refractivity contribution is 7.99. The van der Waals surface area contributed by atoms with Gasteiger partial charge < -0.3 is 15.0 Å². The number of hydrogen-bond donors (Lipinski definition) is 1. The van der Waals surface area contributed by atoms with E-state index in [0.29, 0.717) is 31.8 Å². The number of rotatable bonds is 6. The molecule has 1 fully saturated rings. The van der Waals surface area contributed by atoms with Crippen molar-refractivity contribution < 1.29 is 14.3 Å². The Morgan fingerprint density at radius 1 is 1.07 bits per heavy atom. The van der Waals surface area contributed by atoms with Gasteiger partial charge in [-0.25, -0.2) is 4.79 Å². The molecule has 1 saturated heterocycles. The number of hydrogen-bond acceptors (Lipinski definition) is 6. The van der Waals surface area contributed by atoms with Crippen molar-refractivity contribution in [3.63, 3.8) is 0 Å². The minimum atomic E-state index is -0.524. The Kier molecular flexibility index (Phi) is 9.53. The molecule has 0 spiro atoms. The first-order valence-electron chi connectivity index (χ1n) is 14.4. The van der Waals surface area contributed by atoms with Crippen molar-refractivity contribution in [2.24, 2.45) is 0 Å². The molecule has 2 amide bonds. The van der Waals surface area contributed by atoms with Gasteiger partial charge in [-0.2, -0.15) is 0 Å². The summed E-state index contributed by atoms with van der Waals surface area (Å²) in [5, 5.41) is 3.59. The van der Waals surface area contributed by atoms with Gasteiger partial charge in [-0.3, -0.25) is 14.8 Å². The molecule has 5 rings (SSSR count). The van der Waals surface area contributed by atoms with Crippen LogP contribution in [-0.2, 0) is 28.8 Å². The second-order valence-electron chi connectivity index (χ2n) is 11.6. The van der Waals surface area contributed by atoms with Crippen molar-refractivity contribution in [1.29, 1.82) is 0 Å². The number of nitrogens with one attached hydrogen (secondary N) is 1. The highest BCUT2D eigenvalue weighted by Gasteiger charge is 2.28. The molecule has 0 bridgehead atoms. The smallest absolute Gasteiger partial charge is 0.407 e. The summed E-state index contributed by atoms with van der Waals surface area (Å²) in [5.41, 5.74) is 7.58. The molecule has 1 aromatic carbocycles. The van der Waals surface area contributed by atoms with Crippen LogP contribution in [0.25, 0.3) is 5.57 Å². The molecular formula is C33H37ClN4O3S. The summed E-state index contributed by atoms with van der Waals surface area (Å²) in [6, 6.07) is 12.0. The van der Waals surface area contributed by atoms with Crippen molar-refractivity contribution in [2.45, 2.75) is 63.4 Å². The zero-order valence-corrected chi connectivity index (χ0v) is 26.0. The molecule has 7 nitrogen and oxygen atoms in total. The third-order valence-electron chi connectivity index (χ3n) is 7.41. The minimum absolute atomic E-state index is 0.136. The fraction of sp³-hybridized carbons (Fsp3) is 0.394.